The molecule has 0 bridgehead atoms. The Balaban J connectivity index is 1.68. The van der Waals surface area contributed by atoms with Crippen LogP contribution in [-0.4, -0.2) is 68.2 Å². The first-order valence-electron chi connectivity index (χ1n) is 7.35. The van der Waals surface area contributed by atoms with Crippen LogP contribution >= 0.6 is 0 Å². The second-order valence-corrected chi connectivity index (χ2v) is 8.29. The first kappa shape index (κ1) is 14.3. The van der Waals surface area contributed by atoms with Crippen molar-refractivity contribution in [2.75, 3.05) is 33.3 Å². The summed E-state index contributed by atoms with van der Waals surface area (Å²) in [5.74, 6) is 0.209. The quantitative estimate of drug-likeness (QED) is 0.686. The van der Waals surface area contributed by atoms with Crippen molar-refractivity contribution in [3.05, 3.63) is 0 Å². The second-order valence-electron chi connectivity index (χ2n) is 6.03. The molecule has 6 nitrogen and oxygen atoms in total. The number of rotatable bonds is 1. The molecule has 3 saturated heterocycles. The maximum Gasteiger partial charge on any atom is 0.251 e. The van der Waals surface area contributed by atoms with Gasteiger partial charge in [-0.05, 0) is 31.6 Å². The van der Waals surface area contributed by atoms with Crippen molar-refractivity contribution in [2.45, 2.75) is 37.0 Å². The summed E-state index contributed by atoms with van der Waals surface area (Å²) in [6, 6.07) is 0. The molecule has 3 heterocycles. The molecule has 0 aliphatic carbocycles. The first-order chi connectivity index (χ1) is 9.50. The van der Waals surface area contributed by atoms with E-state index in [-0.39, 0.29) is 23.2 Å². The average Bonchev–Trinajstić information content (AvgIpc) is 2.93. The van der Waals surface area contributed by atoms with Crippen LogP contribution in [0.3, 0.4) is 0 Å². The van der Waals surface area contributed by atoms with Gasteiger partial charge >= 0.3 is 0 Å². The SMILES string of the molecule is CN1C[C@@H]2CCN(C(=O)C3CCCO3)CC[C@H]2S1(=O)=O. The number of fused-ring (bicyclic) bond motifs is 1. The minimum absolute atomic E-state index is 0.0493. The van der Waals surface area contributed by atoms with Gasteiger partial charge in [0.25, 0.3) is 5.91 Å². The van der Waals surface area contributed by atoms with E-state index in [9.17, 15) is 13.2 Å². The molecule has 0 aromatic rings. The van der Waals surface area contributed by atoms with Gasteiger partial charge < -0.3 is 9.64 Å². The minimum atomic E-state index is -3.15. The third-order valence-electron chi connectivity index (χ3n) is 4.80. The fourth-order valence-electron chi connectivity index (χ4n) is 3.60. The lowest BCUT2D eigenvalue weighted by molar-refractivity contribution is -0.140. The van der Waals surface area contributed by atoms with Crippen molar-refractivity contribution in [1.82, 2.24) is 9.21 Å². The summed E-state index contributed by atoms with van der Waals surface area (Å²) in [5.41, 5.74) is 0. The molecule has 0 aromatic heterocycles. The molecule has 1 amide bonds. The fraction of sp³-hybridized carbons (Fsp3) is 0.923. The molecule has 1 unspecified atom stereocenters. The minimum Gasteiger partial charge on any atom is -0.368 e. The van der Waals surface area contributed by atoms with Crippen molar-refractivity contribution in [1.29, 1.82) is 0 Å². The van der Waals surface area contributed by atoms with Gasteiger partial charge in [0.1, 0.15) is 6.10 Å². The summed E-state index contributed by atoms with van der Waals surface area (Å²) >= 11 is 0. The summed E-state index contributed by atoms with van der Waals surface area (Å²) in [6.07, 6.45) is 2.76. The highest BCUT2D eigenvalue weighted by atomic mass is 32.2. The molecule has 3 atom stereocenters. The van der Waals surface area contributed by atoms with E-state index >= 15 is 0 Å². The number of carbonyl (C=O) groups is 1. The number of hydrogen-bond donors (Lipinski definition) is 0. The number of ether oxygens (including phenoxy) is 1. The number of sulfonamides is 1. The van der Waals surface area contributed by atoms with E-state index in [1.54, 1.807) is 7.05 Å². The molecule has 114 valence electrons. The third kappa shape index (κ3) is 2.35. The predicted molar refractivity (Wildman–Crippen MR) is 73.6 cm³/mol. The van der Waals surface area contributed by atoms with Gasteiger partial charge in [0.15, 0.2) is 0 Å². The number of nitrogens with zero attached hydrogens (tertiary/aromatic N) is 2. The van der Waals surface area contributed by atoms with Crippen LogP contribution < -0.4 is 0 Å². The highest BCUT2D eigenvalue weighted by Crippen LogP contribution is 2.33. The summed E-state index contributed by atoms with van der Waals surface area (Å²) < 4.78 is 31.3. The third-order valence-corrected chi connectivity index (χ3v) is 7.21. The Morgan fingerprint density at radius 2 is 1.95 bits per heavy atom. The van der Waals surface area contributed by atoms with Crippen molar-refractivity contribution < 1.29 is 17.9 Å². The maximum atomic E-state index is 12.3. The summed E-state index contributed by atoms with van der Waals surface area (Å²) in [5, 5.41) is -0.310. The van der Waals surface area contributed by atoms with Crippen LogP contribution in [0.4, 0.5) is 0 Å². The molecule has 3 aliphatic rings. The molecule has 7 heteroatoms. The van der Waals surface area contributed by atoms with Gasteiger partial charge in [0.2, 0.25) is 10.0 Å². The lowest BCUT2D eigenvalue weighted by Crippen LogP contribution is -2.40. The molecule has 0 spiro atoms. The van der Waals surface area contributed by atoms with E-state index in [1.807, 2.05) is 4.90 Å². The molecule has 0 N–H and O–H groups in total. The number of hydrogen-bond acceptors (Lipinski definition) is 4. The van der Waals surface area contributed by atoms with Crippen molar-refractivity contribution in [3.8, 4) is 0 Å². The van der Waals surface area contributed by atoms with E-state index in [1.165, 1.54) is 4.31 Å². The molecule has 20 heavy (non-hydrogen) atoms. The van der Waals surface area contributed by atoms with Gasteiger partial charge in [-0.3, -0.25) is 4.79 Å². The van der Waals surface area contributed by atoms with Crippen molar-refractivity contribution in [3.63, 3.8) is 0 Å². The van der Waals surface area contributed by atoms with Gasteiger partial charge in [0.05, 0.1) is 5.25 Å². The number of carbonyl (C=O) groups excluding carboxylic acids is 1. The van der Waals surface area contributed by atoms with Crippen molar-refractivity contribution >= 4 is 15.9 Å². The Morgan fingerprint density at radius 3 is 2.65 bits per heavy atom. The average molecular weight is 302 g/mol. The monoisotopic (exact) mass is 302 g/mol. The second kappa shape index (κ2) is 5.27. The zero-order valence-electron chi connectivity index (χ0n) is 11.8. The highest BCUT2D eigenvalue weighted by Gasteiger charge is 2.45. The van der Waals surface area contributed by atoms with Gasteiger partial charge in [-0.1, -0.05) is 0 Å². The van der Waals surface area contributed by atoms with E-state index < -0.39 is 10.0 Å². The molecular formula is C13H22N2O4S. The van der Waals surface area contributed by atoms with Crippen LogP contribution in [0, 0.1) is 5.92 Å². The van der Waals surface area contributed by atoms with Crippen LogP contribution in [0.2, 0.25) is 0 Å². The molecule has 0 aromatic carbocycles. The molecular weight excluding hydrogens is 280 g/mol. The Hall–Kier alpha value is -0.660. The van der Waals surface area contributed by atoms with E-state index in [0.717, 1.165) is 19.3 Å². The molecule has 3 fully saturated rings. The lowest BCUT2D eigenvalue weighted by Gasteiger charge is -2.24. The van der Waals surface area contributed by atoms with Crippen molar-refractivity contribution in [2.24, 2.45) is 5.92 Å². The molecule has 3 rings (SSSR count). The lowest BCUT2D eigenvalue weighted by atomic mass is 10.0. The van der Waals surface area contributed by atoms with Gasteiger partial charge in [-0.15, -0.1) is 0 Å². The standard InChI is InChI=1S/C13H22N2O4S/c1-14-9-10-4-6-15(7-5-12(10)20(14,17)18)13(16)11-3-2-8-19-11/h10-12H,2-9H2,1H3/t10-,11?,12+/m0/s1. The van der Waals surface area contributed by atoms with Gasteiger partial charge in [0, 0.05) is 33.3 Å². The largest absolute Gasteiger partial charge is 0.368 e. The van der Waals surface area contributed by atoms with Crippen LogP contribution in [-0.2, 0) is 19.6 Å². The van der Waals surface area contributed by atoms with E-state index in [4.69, 9.17) is 4.74 Å². The zero-order valence-corrected chi connectivity index (χ0v) is 12.6. The molecule has 3 aliphatic heterocycles. The van der Waals surface area contributed by atoms with Crippen LogP contribution in [0.5, 0.6) is 0 Å². The smallest absolute Gasteiger partial charge is 0.251 e. The Labute approximate surface area is 120 Å². The molecule has 0 saturated carbocycles. The number of amides is 1. The Morgan fingerprint density at radius 1 is 1.20 bits per heavy atom. The summed E-state index contributed by atoms with van der Waals surface area (Å²) in [7, 11) is -1.50. The first-order valence-corrected chi connectivity index (χ1v) is 8.86. The summed E-state index contributed by atoms with van der Waals surface area (Å²) in [6.45, 7) is 2.44. The predicted octanol–water partition coefficient (Wildman–Crippen LogP) is 0.0478. The molecule has 0 radical (unpaired) electrons. The van der Waals surface area contributed by atoms with Gasteiger partial charge in [-0.25, -0.2) is 12.7 Å². The van der Waals surface area contributed by atoms with Crippen LogP contribution in [0.25, 0.3) is 0 Å². The normalized spacial score (nSPS) is 37.6. The van der Waals surface area contributed by atoms with Gasteiger partial charge in [-0.2, -0.15) is 0 Å². The Kier molecular flexibility index (Phi) is 3.77. The number of likely N-dealkylation sites (tertiary alicyclic amines) is 1. The van der Waals surface area contributed by atoms with Crippen LogP contribution in [0.15, 0.2) is 0 Å². The van der Waals surface area contributed by atoms with E-state index in [2.05, 4.69) is 0 Å². The zero-order chi connectivity index (χ0) is 14.3. The topological polar surface area (TPSA) is 66.9 Å². The Bertz CT molecular complexity index is 487. The van der Waals surface area contributed by atoms with E-state index in [0.29, 0.717) is 32.7 Å². The summed E-state index contributed by atoms with van der Waals surface area (Å²) in [4.78, 5) is 14.1. The van der Waals surface area contributed by atoms with Crippen LogP contribution in [0.1, 0.15) is 25.7 Å². The highest BCUT2D eigenvalue weighted by molar-refractivity contribution is 7.90. The fourth-order valence-corrected chi connectivity index (χ4v) is 5.57. The maximum absolute atomic E-state index is 12.3.